The molecule has 0 aliphatic carbocycles. The average Bonchev–Trinajstić information content (AvgIpc) is 1.35. The minimum absolute atomic E-state index is 0.367. The summed E-state index contributed by atoms with van der Waals surface area (Å²) in [4.78, 5) is 0. The van der Waals surface area contributed by atoms with E-state index < -0.39 is 0 Å². The second kappa shape index (κ2) is 3.94. The molecule has 0 aromatic heterocycles. The maximum Gasteiger partial charge on any atom is 0.360 e. The van der Waals surface area contributed by atoms with Crippen LogP contribution in [0.1, 0.15) is 13.8 Å². The van der Waals surface area contributed by atoms with E-state index in [9.17, 15) is 0 Å². The quantitative estimate of drug-likeness (QED) is 0.460. The molecule has 0 atom stereocenters. The maximum atomic E-state index is 2.36. The van der Waals surface area contributed by atoms with Crippen molar-refractivity contribution >= 4 is 20.4 Å². The number of hydrogen-bond donors (Lipinski definition) is 0. The minimum Gasteiger partial charge on any atom is -0.157 e. The van der Waals surface area contributed by atoms with Crippen LogP contribution in [0.5, 0.6) is 0 Å². The van der Waals surface area contributed by atoms with Gasteiger partial charge in [0.15, 0.2) is 0 Å². The molecule has 0 unspecified atom stereocenters. The summed E-state index contributed by atoms with van der Waals surface area (Å²) in [5.74, 6) is 0.960. The molecule has 34 valence electrons. The van der Waals surface area contributed by atoms with Crippen molar-refractivity contribution < 1.29 is 0 Å². The van der Waals surface area contributed by atoms with E-state index in [2.05, 4.69) is 18.9 Å². The first kappa shape index (κ1) is 6.77. The first-order chi connectivity index (χ1) is 2.77. The van der Waals surface area contributed by atoms with Crippen LogP contribution in [-0.4, -0.2) is 20.4 Å². The fourth-order valence-corrected chi connectivity index (χ4v) is 1.73. The number of rotatable bonds is 2. The maximum absolute atomic E-state index is 2.36. The van der Waals surface area contributed by atoms with Crippen molar-refractivity contribution in [3.63, 3.8) is 0 Å². The smallest absolute Gasteiger partial charge is 0.157 e. The van der Waals surface area contributed by atoms with Crippen LogP contribution in [0.3, 0.4) is 0 Å². The summed E-state index contributed by atoms with van der Waals surface area (Å²) in [5, 5.41) is 2.36. The van der Waals surface area contributed by atoms with E-state index in [1.165, 1.54) is 4.55 Å². The van der Waals surface area contributed by atoms with Crippen molar-refractivity contribution in [2.75, 3.05) is 0 Å². The lowest BCUT2D eigenvalue weighted by molar-refractivity contribution is 0.731. The highest BCUT2D eigenvalue weighted by Crippen LogP contribution is 1.96. The second-order valence-corrected chi connectivity index (χ2v) is 3.76. The fourth-order valence-electron chi connectivity index (χ4n) is 0.577. The van der Waals surface area contributed by atoms with Gasteiger partial charge in [-0.1, -0.05) is 19.8 Å². The summed E-state index contributed by atoms with van der Waals surface area (Å²) in [5.41, 5.74) is 0. The van der Waals surface area contributed by atoms with Crippen molar-refractivity contribution in [2.24, 2.45) is 5.92 Å². The number of hydrogen-bond acceptors (Lipinski definition) is 0. The fraction of sp³-hybridized carbons (Fsp3) is 1.00. The Balaban J connectivity index is 2.63. The summed E-state index contributed by atoms with van der Waals surface area (Å²) >= 11 is 0.367. The van der Waals surface area contributed by atoms with Gasteiger partial charge in [0.25, 0.3) is 0 Å². The molecule has 0 nitrogen and oxygen atoms in total. The summed E-state index contributed by atoms with van der Waals surface area (Å²) in [7, 11) is 0. The molecule has 0 aliphatic heterocycles. The first-order valence-electron chi connectivity index (χ1n) is 2.77. The predicted molar refractivity (Wildman–Crippen MR) is 31.3 cm³/mol. The van der Waals surface area contributed by atoms with Crippen molar-refractivity contribution in [1.29, 1.82) is 0 Å². The van der Waals surface area contributed by atoms with Crippen LogP contribution in [0, 0.1) is 5.92 Å². The molecule has 0 fully saturated rings. The molecule has 0 heterocycles. The molecule has 0 N–H and O–H groups in total. The lowest BCUT2D eigenvalue weighted by Crippen LogP contribution is -1.88. The summed E-state index contributed by atoms with van der Waals surface area (Å²) in [6.45, 7) is 4.58. The molecule has 0 amide bonds. The van der Waals surface area contributed by atoms with Gasteiger partial charge in [-0.15, -0.1) is 4.55 Å². The highest BCUT2D eigenvalue weighted by atomic mass is 24.5. The van der Waals surface area contributed by atoms with Gasteiger partial charge in [0.1, 0.15) is 0 Å². The van der Waals surface area contributed by atoms with Crippen LogP contribution in [0.4, 0.5) is 0 Å². The van der Waals surface area contributed by atoms with Gasteiger partial charge in [-0.05, 0) is 0 Å². The van der Waals surface area contributed by atoms with Gasteiger partial charge < -0.3 is 0 Å². The van der Waals surface area contributed by atoms with Gasteiger partial charge in [-0.3, -0.25) is 0 Å². The molecule has 0 saturated heterocycles. The molecule has 0 spiro atoms. The van der Waals surface area contributed by atoms with Crippen LogP contribution in [0.2, 0.25) is 9.60 Å². The Labute approximate surface area is 50.0 Å². The highest BCUT2D eigenvalue weighted by molar-refractivity contribution is 6.33. The Hall–Kier alpha value is 0.766. The van der Waals surface area contributed by atoms with Gasteiger partial charge in [0.05, 0.1) is 0 Å². The van der Waals surface area contributed by atoms with Crippen LogP contribution in [-0.2, 0) is 0 Å². The van der Waals surface area contributed by atoms with Crippen LogP contribution >= 0.6 is 0 Å². The topological polar surface area (TPSA) is 0 Å². The normalized spacial score (nSPS) is 8.67. The van der Waals surface area contributed by atoms with Gasteiger partial charge in [0.2, 0.25) is 0 Å². The summed E-state index contributed by atoms with van der Waals surface area (Å²) in [6.07, 6.45) is 0. The van der Waals surface area contributed by atoms with E-state index in [1.807, 2.05) is 0 Å². The van der Waals surface area contributed by atoms with E-state index in [0.717, 1.165) is 5.92 Å². The van der Waals surface area contributed by atoms with Crippen molar-refractivity contribution in [3.8, 4) is 0 Å². The van der Waals surface area contributed by atoms with E-state index in [4.69, 9.17) is 0 Å². The molecule has 0 rings (SSSR count). The molecular weight excluding hydrogens is 84.4 g/mol. The molecule has 0 aromatic carbocycles. The van der Waals surface area contributed by atoms with Gasteiger partial charge in [0, 0.05) is 0 Å². The predicted octanol–water partition coefficient (Wildman–Crippen LogP) is 1.81. The van der Waals surface area contributed by atoms with Crippen molar-refractivity contribution in [2.45, 2.75) is 23.5 Å². The van der Waals surface area contributed by atoms with Gasteiger partial charge in [-0.2, -0.15) is 5.05 Å². The third kappa shape index (κ3) is 4.77. The molecule has 0 radical (unpaired) electrons. The van der Waals surface area contributed by atoms with Crippen molar-refractivity contribution in [3.05, 3.63) is 0 Å². The molecular formula is C5H12Mg. The summed E-state index contributed by atoms with van der Waals surface area (Å²) < 4.78 is 1.51. The minimum atomic E-state index is 0.367. The van der Waals surface area contributed by atoms with Crippen LogP contribution < -0.4 is 0 Å². The molecule has 0 saturated carbocycles. The van der Waals surface area contributed by atoms with Gasteiger partial charge in [-0.25, -0.2) is 0 Å². The lowest BCUT2D eigenvalue weighted by Gasteiger charge is -1.95. The molecule has 0 bridgehead atoms. The third-order valence-electron chi connectivity index (χ3n) is 0.866. The molecule has 0 aliphatic rings. The zero-order valence-corrected chi connectivity index (χ0v) is 6.41. The second-order valence-electron chi connectivity index (χ2n) is 2.18. The molecule has 1 heteroatoms. The Kier molecular flexibility index (Phi) is 4.44. The Morgan fingerprint density at radius 1 is 1.50 bits per heavy atom. The van der Waals surface area contributed by atoms with E-state index >= 15 is 0 Å². The zero-order valence-electron chi connectivity index (χ0n) is 4.99. The molecule has 6 heavy (non-hydrogen) atoms. The Bertz CT molecular complexity index is 25.1. The monoisotopic (exact) mass is 96.1 g/mol. The van der Waals surface area contributed by atoms with Crippen LogP contribution in [0.25, 0.3) is 0 Å². The lowest BCUT2D eigenvalue weighted by atomic mass is 10.3. The SMILES string of the molecule is [CH3][Mg][CH2]C(C)C. The Morgan fingerprint density at radius 3 is 2.00 bits per heavy atom. The standard InChI is InChI=1S/C4H9.CH3.Mg/c1-4(2)3;;/h4H,1H2,2-3H3;1H3;. The van der Waals surface area contributed by atoms with E-state index in [-0.39, 0.29) is 0 Å². The zero-order chi connectivity index (χ0) is 4.99. The van der Waals surface area contributed by atoms with Crippen LogP contribution in [0.15, 0.2) is 0 Å². The first-order valence-corrected chi connectivity index (χ1v) is 5.18. The van der Waals surface area contributed by atoms with E-state index in [1.54, 1.807) is 0 Å². The molecule has 0 aromatic rings. The largest absolute Gasteiger partial charge is 0.360 e. The highest BCUT2D eigenvalue weighted by Gasteiger charge is 1.89. The average molecular weight is 96.5 g/mol. The van der Waals surface area contributed by atoms with Gasteiger partial charge >= 0.3 is 20.4 Å². The Morgan fingerprint density at radius 2 is 2.00 bits per heavy atom. The third-order valence-corrected chi connectivity index (χ3v) is 2.60. The summed E-state index contributed by atoms with van der Waals surface area (Å²) in [6, 6.07) is 0. The van der Waals surface area contributed by atoms with Crippen molar-refractivity contribution in [1.82, 2.24) is 0 Å². The van der Waals surface area contributed by atoms with E-state index in [0.29, 0.717) is 20.4 Å².